The van der Waals surface area contributed by atoms with E-state index in [4.69, 9.17) is 23.7 Å². The van der Waals surface area contributed by atoms with Crippen molar-refractivity contribution >= 4 is 11.8 Å². The summed E-state index contributed by atoms with van der Waals surface area (Å²) in [6.45, 7) is 2.60. The molecule has 2 aromatic rings. The molecule has 25 heavy (non-hydrogen) atoms. The summed E-state index contributed by atoms with van der Waals surface area (Å²) >= 11 is 0. The molecule has 132 valence electrons. The Balaban J connectivity index is 2.01. The van der Waals surface area contributed by atoms with Gasteiger partial charge in [0.25, 0.3) is 0 Å². The highest BCUT2D eigenvalue weighted by Crippen LogP contribution is 2.41. The van der Waals surface area contributed by atoms with Crippen LogP contribution in [0.4, 0.5) is 0 Å². The Morgan fingerprint density at radius 3 is 2.24 bits per heavy atom. The Hall–Kier alpha value is -2.66. The summed E-state index contributed by atoms with van der Waals surface area (Å²) in [6, 6.07) is 11.6. The predicted octanol–water partition coefficient (Wildman–Crippen LogP) is 4.28. The molecule has 0 saturated carbocycles. The van der Waals surface area contributed by atoms with Crippen molar-refractivity contribution in [3.63, 3.8) is 0 Å². The van der Waals surface area contributed by atoms with Crippen LogP contribution in [-0.2, 0) is 9.47 Å². The van der Waals surface area contributed by atoms with Crippen LogP contribution in [0.3, 0.4) is 0 Å². The maximum Gasteiger partial charge on any atom is 0.227 e. The average Bonchev–Trinajstić information content (AvgIpc) is 2.66. The first-order chi connectivity index (χ1) is 12.2. The van der Waals surface area contributed by atoms with E-state index in [-0.39, 0.29) is 0 Å². The van der Waals surface area contributed by atoms with Crippen molar-refractivity contribution in [3.05, 3.63) is 53.1 Å². The van der Waals surface area contributed by atoms with Crippen molar-refractivity contribution in [1.29, 1.82) is 0 Å². The van der Waals surface area contributed by atoms with Gasteiger partial charge in [0, 0.05) is 18.2 Å². The van der Waals surface area contributed by atoms with Gasteiger partial charge in [-0.25, -0.2) is 0 Å². The minimum Gasteiger partial charge on any atom is -0.494 e. The molecule has 0 N–H and O–H groups in total. The van der Waals surface area contributed by atoms with Crippen molar-refractivity contribution in [3.8, 4) is 17.2 Å². The van der Waals surface area contributed by atoms with Gasteiger partial charge in [0.15, 0.2) is 11.5 Å². The van der Waals surface area contributed by atoms with E-state index in [2.05, 4.69) is 0 Å². The number of hydrogen-bond donors (Lipinski definition) is 0. The van der Waals surface area contributed by atoms with E-state index in [1.54, 1.807) is 21.3 Å². The first kappa shape index (κ1) is 17.2. The first-order valence-electron chi connectivity index (χ1n) is 8.10. The molecule has 1 atom stereocenters. The zero-order valence-electron chi connectivity index (χ0n) is 14.9. The molecule has 1 unspecified atom stereocenters. The third kappa shape index (κ3) is 3.42. The molecule has 2 aromatic carbocycles. The van der Waals surface area contributed by atoms with Gasteiger partial charge in [-0.15, -0.1) is 0 Å². The van der Waals surface area contributed by atoms with Crippen molar-refractivity contribution < 1.29 is 23.7 Å². The molecule has 0 amide bonds. The third-order valence-electron chi connectivity index (χ3n) is 4.03. The molecule has 0 fully saturated rings. The van der Waals surface area contributed by atoms with Crippen molar-refractivity contribution in [2.75, 3.05) is 27.9 Å². The molecule has 0 bridgehead atoms. The van der Waals surface area contributed by atoms with Crippen molar-refractivity contribution in [1.82, 2.24) is 0 Å². The van der Waals surface area contributed by atoms with Crippen LogP contribution in [0.25, 0.3) is 11.8 Å². The van der Waals surface area contributed by atoms with Crippen LogP contribution in [0.5, 0.6) is 17.2 Å². The second-order valence-electron chi connectivity index (χ2n) is 5.49. The van der Waals surface area contributed by atoms with Crippen molar-refractivity contribution in [2.45, 2.75) is 13.2 Å². The van der Waals surface area contributed by atoms with Crippen LogP contribution in [-0.4, -0.2) is 27.9 Å². The van der Waals surface area contributed by atoms with E-state index in [9.17, 15) is 0 Å². The van der Waals surface area contributed by atoms with E-state index in [1.165, 1.54) is 0 Å². The van der Waals surface area contributed by atoms with Crippen LogP contribution < -0.4 is 14.2 Å². The fourth-order valence-corrected chi connectivity index (χ4v) is 2.80. The number of rotatable bonds is 6. The van der Waals surface area contributed by atoms with Gasteiger partial charge in [-0.2, -0.15) is 0 Å². The molecule has 0 spiro atoms. The lowest BCUT2D eigenvalue weighted by atomic mass is 10.0. The Morgan fingerprint density at radius 2 is 1.64 bits per heavy atom. The molecule has 3 rings (SSSR count). The topological polar surface area (TPSA) is 46.2 Å². The Bertz CT molecular complexity index is 764. The number of methoxy groups -OCH3 is 3. The van der Waals surface area contributed by atoms with Gasteiger partial charge in [0.1, 0.15) is 11.5 Å². The summed E-state index contributed by atoms with van der Waals surface area (Å²) in [4.78, 5) is 0. The lowest BCUT2D eigenvalue weighted by Crippen LogP contribution is -2.12. The number of hydrogen-bond acceptors (Lipinski definition) is 5. The highest BCUT2D eigenvalue weighted by atomic mass is 16.7. The summed E-state index contributed by atoms with van der Waals surface area (Å²) in [5.41, 5.74) is 2.82. The van der Waals surface area contributed by atoms with Crippen molar-refractivity contribution in [2.24, 2.45) is 0 Å². The monoisotopic (exact) mass is 342 g/mol. The lowest BCUT2D eigenvalue weighted by molar-refractivity contribution is -0.0766. The number of ether oxygens (including phenoxy) is 5. The molecule has 0 aromatic heterocycles. The van der Waals surface area contributed by atoms with Gasteiger partial charge < -0.3 is 23.7 Å². The van der Waals surface area contributed by atoms with E-state index in [0.29, 0.717) is 18.1 Å². The molecule has 1 aliphatic rings. The van der Waals surface area contributed by atoms with Crippen LogP contribution in [0.2, 0.25) is 0 Å². The molecule has 0 radical (unpaired) electrons. The van der Waals surface area contributed by atoms with E-state index < -0.39 is 6.29 Å². The third-order valence-corrected chi connectivity index (χ3v) is 4.03. The van der Waals surface area contributed by atoms with E-state index >= 15 is 0 Å². The van der Waals surface area contributed by atoms with Gasteiger partial charge in [0.2, 0.25) is 6.29 Å². The highest BCUT2D eigenvalue weighted by molar-refractivity contribution is 5.81. The largest absolute Gasteiger partial charge is 0.494 e. The molecule has 1 heterocycles. The number of fused-ring (bicyclic) bond motifs is 1. The predicted molar refractivity (Wildman–Crippen MR) is 95.9 cm³/mol. The van der Waals surface area contributed by atoms with Crippen LogP contribution in [0, 0.1) is 0 Å². The smallest absolute Gasteiger partial charge is 0.227 e. The highest BCUT2D eigenvalue weighted by Gasteiger charge is 2.25. The van der Waals surface area contributed by atoms with Gasteiger partial charge in [0.05, 0.1) is 20.8 Å². The molecule has 0 aliphatic carbocycles. The Morgan fingerprint density at radius 1 is 0.960 bits per heavy atom. The average molecular weight is 342 g/mol. The maximum absolute atomic E-state index is 6.02. The molecule has 0 saturated heterocycles. The maximum atomic E-state index is 6.02. The minimum atomic E-state index is -0.513. The van der Waals surface area contributed by atoms with Crippen LogP contribution in [0.1, 0.15) is 29.9 Å². The minimum absolute atomic E-state index is 0.513. The van der Waals surface area contributed by atoms with E-state index in [0.717, 1.165) is 28.2 Å². The molecular formula is C20H22O5. The molecule has 5 heteroatoms. The summed E-state index contributed by atoms with van der Waals surface area (Å²) < 4.78 is 27.8. The fourth-order valence-electron chi connectivity index (χ4n) is 2.80. The Labute approximate surface area is 147 Å². The molecular weight excluding hydrogens is 320 g/mol. The van der Waals surface area contributed by atoms with Crippen LogP contribution in [0.15, 0.2) is 36.4 Å². The lowest BCUT2D eigenvalue weighted by Gasteiger charge is -2.27. The quantitative estimate of drug-likeness (QED) is 0.784. The summed E-state index contributed by atoms with van der Waals surface area (Å²) in [5.74, 6) is 2.87. The SMILES string of the molecule is CCOc1ccc(C2=Cc3cc(OC)c(OC)cc3C(OC)O2)cc1. The van der Waals surface area contributed by atoms with Crippen LogP contribution >= 0.6 is 0 Å². The molecule has 1 aliphatic heterocycles. The summed E-state index contributed by atoms with van der Waals surface area (Å²) in [6.07, 6.45) is 1.46. The second kappa shape index (κ2) is 7.49. The standard InChI is InChI=1S/C20H22O5/c1-5-24-15-8-6-13(7-9-15)17-10-14-11-18(21-2)19(22-3)12-16(14)20(23-4)25-17/h6-12,20H,5H2,1-4H3. The second-order valence-corrected chi connectivity index (χ2v) is 5.49. The summed E-state index contributed by atoms with van der Waals surface area (Å²) in [5, 5.41) is 0. The van der Waals surface area contributed by atoms with Gasteiger partial charge >= 0.3 is 0 Å². The van der Waals surface area contributed by atoms with Gasteiger partial charge in [-0.3, -0.25) is 0 Å². The zero-order chi connectivity index (χ0) is 17.8. The zero-order valence-corrected chi connectivity index (χ0v) is 14.9. The van der Waals surface area contributed by atoms with Gasteiger partial charge in [-0.05, 0) is 55.0 Å². The normalized spacial score (nSPS) is 15.7. The van der Waals surface area contributed by atoms with Gasteiger partial charge in [-0.1, -0.05) is 0 Å². The first-order valence-corrected chi connectivity index (χ1v) is 8.10. The van der Waals surface area contributed by atoms with E-state index in [1.807, 2.05) is 49.4 Å². The number of benzene rings is 2. The Kier molecular flexibility index (Phi) is 5.14. The summed E-state index contributed by atoms with van der Waals surface area (Å²) in [7, 11) is 4.84. The molecule has 5 nitrogen and oxygen atoms in total. The fraction of sp³-hybridized carbons (Fsp3) is 0.300.